The van der Waals surface area contributed by atoms with Gasteiger partial charge in [0.2, 0.25) is 10.0 Å². The first kappa shape index (κ1) is 17.0. The van der Waals surface area contributed by atoms with Crippen molar-refractivity contribution in [3.63, 3.8) is 0 Å². The van der Waals surface area contributed by atoms with Crippen molar-refractivity contribution < 1.29 is 8.42 Å². The second-order valence-electron chi connectivity index (χ2n) is 5.94. The van der Waals surface area contributed by atoms with Crippen LogP contribution in [-0.2, 0) is 10.0 Å². The van der Waals surface area contributed by atoms with Crippen LogP contribution >= 0.6 is 0 Å². The Balaban J connectivity index is 1.77. The molecule has 5 heteroatoms. The molecule has 0 aromatic heterocycles. The number of rotatable bonds is 6. The Hall–Kier alpha value is -1.33. The van der Waals surface area contributed by atoms with Crippen LogP contribution in [0.4, 0.5) is 5.69 Å². The SMILES string of the molecule is CS(=O)(=O)Nc1ccc(/C=C/CCN2CCCCCC2)cc1. The van der Waals surface area contributed by atoms with Crippen LogP contribution < -0.4 is 4.72 Å². The van der Waals surface area contributed by atoms with Crippen LogP contribution in [0.3, 0.4) is 0 Å². The largest absolute Gasteiger partial charge is 0.303 e. The third-order valence-electron chi connectivity index (χ3n) is 3.83. The van der Waals surface area contributed by atoms with Crippen molar-refractivity contribution in [1.82, 2.24) is 4.90 Å². The Bertz CT molecular complexity index is 571. The van der Waals surface area contributed by atoms with Crippen LogP contribution in [-0.4, -0.2) is 39.2 Å². The van der Waals surface area contributed by atoms with Crippen molar-refractivity contribution >= 4 is 21.8 Å². The molecule has 0 unspecified atom stereocenters. The van der Waals surface area contributed by atoms with Crippen molar-refractivity contribution in [1.29, 1.82) is 0 Å². The lowest BCUT2D eigenvalue weighted by Crippen LogP contribution is -2.25. The maximum absolute atomic E-state index is 11.1. The lowest BCUT2D eigenvalue weighted by molar-refractivity contribution is 0.291. The molecule has 0 amide bonds. The molecule has 0 bridgehead atoms. The molecule has 1 saturated heterocycles. The normalized spacial score (nSPS) is 17.5. The third kappa shape index (κ3) is 6.62. The predicted molar refractivity (Wildman–Crippen MR) is 93.5 cm³/mol. The van der Waals surface area contributed by atoms with E-state index in [4.69, 9.17) is 0 Å². The summed E-state index contributed by atoms with van der Waals surface area (Å²) >= 11 is 0. The van der Waals surface area contributed by atoms with Gasteiger partial charge in [0.25, 0.3) is 0 Å². The van der Waals surface area contributed by atoms with Gasteiger partial charge in [-0.3, -0.25) is 4.72 Å². The van der Waals surface area contributed by atoms with Crippen LogP contribution in [0.5, 0.6) is 0 Å². The van der Waals surface area contributed by atoms with Crippen LogP contribution in [0.25, 0.3) is 6.08 Å². The quantitative estimate of drug-likeness (QED) is 0.874. The molecule has 0 atom stereocenters. The highest BCUT2D eigenvalue weighted by Gasteiger charge is 2.07. The number of likely N-dealkylation sites (tertiary alicyclic amines) is 1. The highest BCUT2D eigenvalue weighted by molar-refractivity contribution is 7.92. The van der Waals surface area contributed by atoms with Crippen molar-refractivity contribution in [3.8, 4) is 0 Å². The van der Waals surface area contributed by atoms with Crippen molar-refractivity contribution in [2.24, 2.45) is 0 Å². The van der Waals surface area contributed by atoms with Gasteiger partial charge >= 0.3 is 0 Å². The molecule has 1 aromatic carbocycles. The summed E-state index contributed by atoms with van der Waals surface area (Å²) in [5, 5.41) is 0. The van der Waals surface area contributed by atoms with Gasteiger partial charge in [-0.15, -0.1) is 0 Å². The fourth-order valence-corrected chi connectivity index (χ4v) is 3.28. The number of hydrogen-bond acceptors (Lipinski definition) is 3. The van der Waals surface area contributed by atoms with E-state index in [-0.39, 0.29) is 0 Å². The lowest BCUT2D eigenvalue weighted by atomic mass is 10.2. The monoisotopic (exact) mass is 322 g/mol. The molecule has 0 radical (unpaired) electrons. The molecule has 1 N–H and O–H groups in total. The van der Waals surface area contributed by atoms with Gasteiger partial charge in [0.1, 0.15) is 0 Å². The predicted octanol–water partition coefficient (Wildman–Crippen LogP) is 3.34. The van der Waals surface area contributed by atoms with E-state index in [1.165, 1.54) is 38.8 Å². The molecule has 22 heavy (non-hydrogen) atoms. The standard InChI is InChI=1S/C17H26N2O2S/c1-22(20,21)18-17-11-9-16(10-12-17)8-4-7-15-19-13-5-2-3-6-14-19/h4,8-12,18H,2-3,5-7,13-15H2,1H3/b8-4+. The van der Waals surface area contributed by atoms with Gasteiger partial charge in [-0.2, -0.15) is 0 Å². The van der Waals surface area contributed by atoms with E-state index >= 15 is 0 Å². The zero-order chi connectivity index (χ0) is 15.8. The van der Waals surface area contributed by atoms with E-state index in [0.29, 0.717) is 5.69 Å². The average molecular weight is 322 g/mol. The van der Waals surface area contributed by atoms with Gasteiger partial charge in [0.05, 0.1) is 6.26 Å². The zero-order valence-electron chi connectivity index (χ0n) is 13.3. The van der Waals surface area contributed by atoms with Gasteiger partial charge in [-0.25, -0.2) is 8.42 Å². The van der Waals surface area contributed by atoms with E-state index in [9.17, 15) is 8.42 Å². The molecule has 1 fully saturated rings. The Kier molecular flexibility index (Phi) is 6.46. The number of hydrogen-bond donors (Lipinski definition) is 1. The lowest BCUT2D eigenvalue weighted by Gasteiger charge is -2.18. The highest BCUT2D eigenvalue weighted by atomic mass is 32.2. The number of anilines is 1. The van der Waals surface area contributed by atoms with Crippen LogP contribution in [0.2, 0.25) is 0 Å². The number of sulfonamides is 1. The minimum absolute atomic E-state index is 0.601. The summed E-state index contributed by atoms with van der Waals surface area (Å²) in [6, 6.07) is 7.43. The minimum atomic E-state index is -3.20. The summed E-state index contributed by atoms with van der Waals surface area (Å²) in [5.41, 5.74) is 1.69. The molecular formula is C17H26N2O2S. The second kappa shape index (κ2) is 8.34. The summed E-state index contributed by atoms with van der Waals surface area (Å²) in [4.78, 5) is 2.55. The maximum atomic E-state index is 11.1. The molecule has 0 saturated carbocycles. The molecule has 1 aliphatic rings. The molecule has 1 aliphatic heterocycles. The zero-order valence-corrected chi connectivity index (χ0v) is 14.1. The van der Waals surface area contributed by atoms with E-state index < -0.39 is 10.0 Å². The average Bonchev–Trinajstić information content (AvgIpc) is 2.72. The molecular weight excluding hydrogens is 296 g/mol. The van der Waals surface area contributed by atoms with Crippen molar-refractivity contribution in [2.45, 2.75) is 32.1 Å². The molecule has 1 aromatic rings. The van der Waals surface area contributed by atoms with Crippen molar-refractivity contribution in [3.05, 3.63) is 35.9 Å². The van der Waals surface area contributed by atoms with E-state index in [1.807, 2.05) is 12.1 Å². The maximum Gasteiger partial charge on any atom is 0.229 e. The Morgan fingerprint density at radius 1 is 1.09 bits per heavy atom. The first-order valence-electron chi connectivity index (χ1n) is 8.00. The fraction of sp³-hybridized carbons (Fsp3) is 0.529. The Morgan fingerprint density at radius 2 is 1.73 bits per heavy atom. The van der Waals surface area contributed by atoms with Gasteiger partial charge in [0.15, 0.2) is 0 Å². The Labute approximate surface area is 134 Å². The number of nitrogens with one attached hydrogen (secondary N) is 1. The van der Waals surface area contributed by atoms with Crippen LogP contribution in [0.1, 0.15) is 37.7 Å². The summed E-state index contributed by atoms with van der Waals surface area (Å²) in [6.45, 7) is 3.60. The molecule has 1 heterocycles. The topological polar surface area (TPSA) is 49.4 Å². The van der Waals surface area contributed by atoms with Crippen molar-refractivity contribution in [2.75, 3.05) is 30.6 Å². The molecule has 2 rings (SSSR count). The second-order valence-corrected chi connectivity index (χ2v) is 7.69. The molecule has 4 nitrogen and oxygen atoms in total. The van der Waals surface area contributed by atoms with Gasteiger partial charge in [-0.05, 0) is 50.0 Å². The van der Waals surface area contributed by atoms with E-state index in [1.54, 1.807) is 12.1 Å². The summed E-state index contributed by atoms with van der Waals surface area (Å²) in [7, 11) is -3.20. The van der Waals surface area contributed by atoms with Gasteiger partial charge in [-0.1, -0.05) is 37.1 Å². The molecule has 0 spiro atoms. The third-order valence-corrected chi connectivity index (χ3v) is 4.44. The van der Waals surface area contributed by atoms with E-state index in [2.05, 4.69) is 21.8 Å². The summed E-state index contributed by atoms with van der Waals surface area (Å²) in [5.74, 6) is 0. The van der Waals surface area contributed by atoms with Crippen LogP contribution in [0, 0.1) is 0 Å². The molecule has 0 aliphatic carbocycles. The van der Waals surface area contributed by atoms with Gasteiger partial charge < -0.3 is 4.90 Å². The first-order chi connectivity index (χ1) is 10.5. The fourth-order valence-electron chi connectivity index (χ4n) is 2.71. The summed E-state index contributed by atoms with van der Waals surface area (Å²) in [6.07, 6.45) is 11.9. The smallest absolute Gasteiger partial charge is 0.229 e. The van der Waals surface area contributed by atoms with Gasteiger partial charge in [0, 0.05) is 12.2 Å². The Morgan fingerprint density at radius 3 is 2.32 bits per heavy atom. The first-order valence-corrected chi connectivity index (χ1v) is 9.89. The number of nitrogens with zero attached hydrogens (tertiary/aromatic N) is 1. The minimum Gasteiger partial charge on any atom is -0.303 e. The summed E-state index contributed by atoms with van der Waals surface area (Å²) < 4.78 is 24.7. The van der Waals surface area contributed by atoms with Crippen LogP contribution in [0.15, 0.2) is 30.3 Å². The number of benzene rings is 1. The van der Waals surface area contributed by atoms with E-state index in [0.717, 1.165) is 24.8 Å². The highest BCUT2D eigenvalue weighted by Crippen LogP contribution is 2.13. The molecule has 122 valence electrons.